The van der Waals surface area contributed by atoms with Crippen LogP contribution in [-0.4, -0.2) is 53.8 Å². The van der Waals surface area contributed by atoms with Crippen LogP contribution < -0.4 is 16.4 Å². The van der Waals surface area contributed by atoms with Gasteiger partial charge < -0.3 is 21.3 Å². The van der Waals surface area contributed by atoms with Gasteiger partial charge in [-0.3, -0.25) is 14.4 Å². The molecule has 2 bridgehead atoms. The van der Waals surface area contributed by atoms with Gasteiger partial charge in [-0.1, -0.05) is 13.8 Å². The Bertz CT molecular complexity index is 444. The number of carbonyl (C=O) groups excluding carboxylic acids is 3. The zero-order valence-electron chi connectivity index (χ0n) is 13.0. The first kappa shape index (κ1) is 18.7. The summed E-state index contributed by atoms with van der Waals surface area (Å²) in [5.74, 6) is -0.430. The monoisotopic (exact) mass is 332 g/mol. The number of rotatable bonds is 4. The van der Waals surface area contributed by atoms with Crippen LogP contribution in [0.5, 0.6) is 0 Å². The molecule has 2 unspecified atom stereocenters. The van der Waals surface area contributed by atoms with Crippen LogP contribution in [0.25, 0.3) is 0 Å². The first-order chi connectivity index (χ1) is 9.90. The second-order valence-corrected chi connectivity index (χ2v) is 6.18. The number of hydrogen-bond donors (Lipinski definition) is 3. The molecule has 126 valence electrons. The van der Waals surface area contributed by atoms with Gasteiger partial charge in [-0.15, -0.1) is 12.4 Å². The average Bonchev–Trinajstić information content (AvgIpc) is 2.74. The summed E-state index contributed by atoms with van der Waals surface area (Å²) in [6.45, 7) is 4.16. The molecule has 3 amide bonds. The molecule has 2 saturated heterocycles. The fourth-order valence-electron chi connectivity index (χ4n) is 2.96. The summed E-state index contributed by atoms with van der Waals surface area (Å²) in [6.07, 6.45) is 2.10. The van der Waals surface area contributed by atoms with E-state index < -0.39 is 6.04 Å². The topological polar surface area (TPSA) is 105 Å². The summed E-state index contributed by atoms with van der Waals surface area (Å²) >= 11 is 0. The lowest BCUT2D eigenvalue weighted by atomic mass is 10.1. The lowest BCUT2D eigenvalue weighted by molar-refractivity contribution is -0.135. The normalized spacial score (nSPS) is 25.1. The number of nitrogens with one attached hydrogen (secondary N) is 2. The first-order valence-corrected chi connectivity index (χ1v) is 7.51. The molecule has 7 nitrogen and oxygen atoms in total. The van der Waals surface area contributed by atoms with Crippen molar-refractivity contribution in [1.29, 1.82) is 0 Å². The number of nitrogens with zero attached hydrogens (tertiary/aromatic N) is 1. The zero-order valence-corrected chi connectivity index (χ0v) is 13.8. The molecule has 2 aliphatic heterocycles. The fraction of sp³-hybridized carbons (Fsp3) is 0.786. The molecule has 2 heterocycles. The molecule has 0 aliphatic carbocycles. The molecule has 0 spiro atoms. The smallest absolute Gasteiger partial charge is 0.242 e. The molecule has 2 rings (SSSR count). The first-order valence-electron chi connectivity index (χ1n) is 7.51. The van der Waals surface area contributed by atoms with Gasteiger partial charge in [0.1, 0.15) is 0 Å². The van der Waals surface area contributed by atoms with Crippen LogP contribution in [0.1, 0.15) is 33.1 Å². The van der Waals surface area contributed by atoms with E-state index in [4.69, 9.17) is 5.73 Å². The number of fused-ring (bicyclic) bond motifs is 2. The molecule has 2 aliphatic rings. The van der Waals surface area contributed by atoms with Gasteiger partial charge in [-0.25, -0.2) is 0 Å². The molecule has 0 aromatic carbocycles. The summed E-state index contributed by atoms with van der Waals surface area (Å²) in [5, 5.41) is 5.42. The molecule has 0 aromatic rings. The van der Waals surface area contributed by atoms with Crippen molar-refractivity contribution in [3.05, 3.63) is 0 Å². The van der Waals surface area contributed by atoms with E-state index in [0.29, 0.717) is 13.0 Å². The maximum atomic E-state index is 12.3. The summed E-state index contributed by atoms with van der Waals surface area (Å²) in [5.41, 5.74) is 5.74. The predicted molar refractivity (Wildman–Crippen MR) is 84.4 cm³/mol. The van der Waals surface area contributed by atoms with E-state index in [1.807, 2.05) is 13.8 Å². The minimum atomic E-state index is -0.609. The van der Waals surface area contributed by atoms with E-state index in [2.05, 4.69) is 10.6 Å². The van der Waals surface area contributed by atoms with Crippen LogP contribution in [0.3, 0.4) is 0 Å². The van der Waals surface area contributed by atoms with Gasteiger partial charge in [-0.05, 0) is 18.8 Å². The second kappa shape index (κ2) is 7.78. The third-order valence-electron chi connectivity index (χ3n) is 4.30. The van der Waals surface area contributed by atoms with E-state index in [0.717, 1.165) is 12.8 Å². The van der Waals surface area contributed by atoms with E-state index in [1.54, 1.807) is 4.90 Å². The number of amides is 3. The van der Waals surface area contributed by atoms with Gasteiger partial charge in [0.15, 0.2) is 0 Å². The zero-order chi connectivity index (χ0) is 15.6. The Balaban J connectivity index is 0.00000242. The highest BCUT2D eigenvalue weighted by Crippen LogP contribution is 2.28. The number of carbonyl (C=O) groups is 3. The Morgan fingerprint density at radius 1 is 1.36 bits per heavy atom. The lowest BCUT2D eigenvalue weighted by Crippen LogP contribution is -2.50. The standard InChI is InChI=1S/C14H24N4O3.ClH/c1-8(2)13(15)14(21)17-7-12(20)18-9-3-4-10(18)6-16-11(19)5-9;/h8-10,13H,3-7,15H2,1-2H3,(H,16,19)(H,17,21);1H/t9?,10?,13-;/m0./s1. The van der Waals surface area contributed by atoms with Crippen molar-refractivity contribution in [2.75, 3.05) is 13.1 Å². The molecule has 4 N–H and O–H groups in total. The Hall–Kier alpha value is -1.34. The van der Waals surface area contributed by atoms with Crippen molar-refractivity contribution in [2.45, 2.75) is 51.2 Å². The maximum absolute atomic E-state index is 12.3. The van der Waals surface area contributed by atoms with E-state index in [1.165, 1.54) is 0 Å². The molecular weight excluding hydrogens is 308 g/mol. The SMILES string of the molecule is CC(C)[C@H](N)C(=O)NCC(=O)N1C2CCC1CC(=O)NC2.Cl. The minimum absolute atomic E-state index is 0. The predicted octanol–water partition coefficient (Wildman–Crippen LogP) is -0.613. The van der Waals surface area contributed by atoms with Gasteiger partial charge in [0.2, 0.25) is 17.7 Å². The molecular formula is C14H25ClN4O3. The molecule has 0 aromatic heterocycles. The highest BCUT2D eigenvalue weighted by Gasteiger charge is 2.40. The summed E-state index contributed by atoms with van der Waals surface area (Å²) in [4.78, 5) is 37.4. The molecule has 8 heteroatoms. The fourth-order valence-corrected chi connectivity index (χ4v) is 2.96. The summed E-state index contributed by atoms with van der Waals surface area (Å²) in [7, 11) is 0. The van der Waals surface area contributed by atoms with E-state index >= 15 is 0 Å². The maximum Gasteiger partial charge on any atom is 0.242 e. The van der Waals surface area contributed by atoms with Crippen LogP contribution in [0, 0.1) is 5.92 Å². The Kier molecular flexibility index (Phi) is 6.62. The Morgan fingerprint density at radius 3 is 2.64 bits per heavy atom. The van der Waals surface area contributed by atoms with Crippen molar-refractivity contribution in [3.8, 4) is 0 Å². The van der Waals surface area contributed by atoms with Crippen molar-refractivity contribution in [2.24, 2.45) is 11.7 Å². The highest BCUT2D eigenvalue weighted by atomic mass is 35.5. The van der Waals surface area contributed by atoms with Gasteiger partial charge in [0.25, 0.3) is 0 Å². The van der Waals surface area contributed by atoms with E-state index in [-0.39, 0.29) is 54.7 Å². The lowest BCUT2D eigenvalue weighted by Gasteiger charge is -2.27. The molecule has 22 heavy (non-hydrogen) atoms. The third-order valence-corrected chi connectivity index (χ3v) is 4.30. The molecule has 0 saturated carbocycles. The minimum Gasteiger partial charge on any atom is -0.354 e. The van der Waals surface area contributed by atoms with Crippen LogP contribution in [-0.2, 0) is 14.4 Å². The summed E-state index contributed by atoms with van der Waals surface area (Å²) < 4.78 is 0. The second-order valence-electron chi connectivity index (χ2n) is 6.18. The number of nitrogens with two attached hydrogens (primary N) is 1. The Morgan fingerprint density at radius 2 is 2.00 bits per heavy atom. The van der Waals surface area contributed by atoms with Crippen molar-refractivity contribution in [3.63, 3.8) is 0 Å². The highest BCUT2D eigenvalue weighted by molar-refractivity contribution is 5.88. The van der Waals surface area contributed by atoms with Crippen LogP contribution >= 0.6 is 12.4 Å². The summed E-state index contributed by atoms with van der Waals surface area (Å²) in [6, 6.07) is -0.604. The van der Waals surface area contributed by atoms with Gasteiger partial charge in [0.05, 0.1) is 12.6 Å². The van der Waals surface area contributed by atoms with Crippen LogP contribution in [0.4, 0.5) is 0 Å². The van der Waals surface area contributed by atoms with Gasteiger partial charge in [0, 0.05) is 25.0 Å². The van der Waals surface area contributed by atoms with E-state index in [9.17, 15) is 14.4 Å². The third kappa shape index (κ3) is 4.10. The molecule has 2 fully saturated rings. The average molecular weight is 333 g/mol. The van der Waals surface area contributed by atoms with Gasteiger partial charge >= 0.3 is 0 Å². The molecule has 3 atom stereocenters. The van der Waals surface area contributed by atoms with Crippen molar-refractivity contribution < 1.29 is 14.4 Å². The van der Waals surface area contributed by atoms with Gasteiger partial charge in [-0.2, -0.15) is 0 Å². The number of halogens is 1. The number of hydrogen-bond acceptors (Lipinski definition) is 4. The van der Waals surface area contributed by atoms with Crippen molar-refractivity contribution >= 4 is 30.1 Å². The quantitative estimate of drug-likeness (QED) is 0.638. The molecule has 0 radical (unpaired) electrons. The van der Waals surface area contributed by atoms with Crippen molar-refractivity contribution in [1.82, 2.24) is 15.5 Å². The Labute approximate surface area is 136 Å². The largest absolute Gasteiger partial charge is 0.354 e. The van der Waals surface area contributed by atoms with Crippen LogP contribution in [0.2, 0.25) is 0 Å². The van der Waals surface area contributed by atoms with Crippen LogP contribution in [0.15, 0.2) is 0 Å².